The van der Waals surface area contributed by atoms with Gasteiger partial charge in [0.2, 0.25) is 0 Å². The molecule has 3 N–H and O–H groups in total. The predicted octanol–water partition coefficient (Wildman–Crippen LogP) is 3.69. The Hall–Kier alpha value is -3.13. The molecule has 27 heavy (non-hydrogen) atoms. The first-order valence-corrected chi connectivity index (χ1v) is 9.13. The Morgan fingerprint density at radius 3 is 2.78 bits per heavy atom. The van der Waals surface area contributed by atoms with Gasteiger partial charge in [0.1, 0.15) is 5.71 Å². The molecule has 0 spiro atoms. The van der Waals surface area contributed by atoms with Gasteiger partial charge in [0.25, 0.3) is 5.91 Å². The van der Waals surface area contributed by atoms with Crippen LogP contribution in [0.15, 0.2) is 57.8 Å². The number of allylic oxidation sites excluding steroid dienone is 1. The van der Waals surface area contributed by atoms with Gasteiger partial charge in [-0.3, -0.25) is 9.63 Å². The first-order valence-electron chi connectivity index (χ1n) is 8.33. The number of benzene rings is 2. The number of anilines is 2. The quantitative estimate of drug-likeness (QED) is 0.387. The lowest BCUT2D eigenvalue weighted by Gasteiger charge is -2.06. The van der Waals surface area contributed by atoms with E-state index in [1.54, 1.807) is 6.92 Å². The minimum absolute atomic E-state index is 0.246. The van der Waals surface area contributed by atoms with Crippen LogP contribution in [0.25, 0.3) is 5.57 Å². The molecule has 0 saturated carbocycles. The van der Waals surface area contributed by atoms with E-state index in [1.807, 2.05) is 42.5 Å². The number of para-hydroxylation sites is 1. The van der Waals surface area contributed by atoms with E-state index in [9.17, 15) is 9.59 Å². The topological polar surface area (TPSA) is 91.8 Å². The van der Waals surface area contributed by atoms with Crippen LogP contribution in [-0.4, -0.2) is 24.3 Å². The molecule has 2 heterocycles. The number of nitrogens with zero attached hydrogens (tertiary/aromatic N) is 1. The Kier molecular flexibility index (Phi) is 4.41. The monoisotopic (exact) mass is 426 g/mol. The summed E-state index contributed by atoms with van der Waals surface area (Å²) in [4.78, 5) is 29.3. The van der Waals surface area contributed by atoms with Crippen molar-refractivity contribution < 1.29 is 14.4 Å². The Labute approximate surface area is 163 Å². The largest absolute Gasteiger partial charge is 0.433 e. The van der Waals surface area contributed by atoms with E-state index >= 15 is 0 Å². The van der Waals surface area contributed by atoms with Crippen LogP contribution in [0.1, 0.15) is 18.1 Å². The molecule has 2 aromatic carbocycles. The van der Waals surface area contributed by atoms with Crippen LogP contribution >= 0.6 is 15.9 Å². The van der Waals surface area contributed by atoms with Gasteiger partial charge in [-0.1, -0.05) is 45.4 Å². The van der Waals surface area contributed by atoms with Crippen molar-refractivity contribution in [3.05, 3.63) is 63.8 Å². The van der Waals surface area contributed by atoms with Crippen molar-refractivity contribution >= 4 is 50.6 Å². The maximum absolute atomic E-state index is 12.7. The third kappa shape index (κ3) is 3.08. The molecular weight excluding hydrogens is 412 g/mol. The van der Waals surface area contributed by atoms with E-state index in [-0.39, 0.29) is 5.91 Å². The smallest absolute Gasteiger partial charge is 0.352 e. The lowest BCUT2D eigenvalue weighted by molar-refractivity contribution is -0.110. The molecule has 0 aromatic heterocycles. The first kappa shape index (κ1) is 17.3. The van der Waals surface area contributed by atoms with Crippen molar-refractivity contribution in [2.75, 3.05) is 17.2 Å². The Morgan fingerprint density at radius 2 is 1.96 bits per heavy atom. The van der Waals surface area contributed by atoms with E-state index in [0.717, 1.165) is 21.3 Å². The van der Waals surface area contributed by atoms with Crippen LogP contribution in [0.3, 0.4) is 0 Å². The molecule has 2 amide bonds. The average molecular weight is 427 g/mol. The molecule has 0 atom stereocenters. The second-order valence-corrected chi connectivity index (χ2v) is 6.83. The molecule has 0 fully saturated rings. The summed E-state index contributed by atoms with van der Waals surface area (Å²) >= 11 is 3.41. The van der Waals surface area contributed by atoms with E-state index in [0.29, 0.717) is 29.2 Å². The predicted molar refractivity (Wildman–Crippen MR) is 106 cm³/mol. The molecule has 2 aliphatic rings. The van der Waals surface area contributed by atoms with Crippen molar-refractivity contribution in [2.24, 2.45) is 5.16 Å². The number of fused-ring (bicyclic) bond motifs is 2. The number of carbonyl (C=O) groups excluding carboxylic acids is 2. The zero-order chi connectivity index (χ0) is 19.0. The Morgan fingerprint density at radius 1 is 1.15 bits per heavy atom. The van der Waals surface area contributed by atoms with Crippen molar-refractivity contribution in [2.45, 2.75) is 6.92 Å². The molecule has 0 radical (unpaired) electrons. The van der Waals surface area contributed by atoms with Crippen molar-refractivity contribution in [1.29, 1.82) is 0 Å². The van der Waals surface area contributed by atoms with Gasteiger partial charge in [-0.25, -0.2) is 4.79 Å². The van der Waals surface area contributed by atoms with Gasteiger partial charge in [0, 0.05) is 27.8 Å². The average Bonchev–Trinajstić information content (AvgIpc) is 3.16. The molecular formula is C19H15BrN4O3. The lowest BCUT2D eigenvalue weighted by Crippen LogP contribution is -2.22. The van der Waals surface area contributed by atoms with Gasteiger partial charge in [-0.2, -0.15) is 0 Å². The number of nitrogens with one attached hydrogen (secondary N) is 3. The third-order valence-corrected chi connectivity index (χ3v) is 4.69. The normalized spacial score (nSPS) is 18.6. The number of rotatable bonds is 2. The van der Waals surface area contributed by atoms with Crippen LogP contribution < -0.4 is 16.0 Å². The maximum atomic E-state index is 12.7. The second kappa shape index (κ2) is 6.88. The van der Waals surface area contributed by atoms with Gasteiger partial charge in [0.15, 0.2) is 0 Å². The molecule has 2 aromatic rings. The molecule has 0 aliphatic carbocycles. The van der Waals surface area contributed by atoms with Gasteiger partial charge < -0.3 is 16.0 Å². The van der Waals surface area contributed by atoms with E-state index < -0.39 is 6.09 Å². The summed E-state index contributed by atoms with van der Waals surface area (Å²) in [5.41, 5.74) is 4.35. The van der Waals surface area contributed by atoms with Crippen LogP contribution in [0, 0.1) is 0 Å². The van der Waals surface area contributed by atoms with Crippen molar-refractivity contribution in [3.8, 4) is 0 Å². The van der Waals surface area contributed by atoms with Gasteiger partial charge in [-0.05, 0) is 25.1 Å². The first-order chi connectivity index (χ1) is 13.1. The molecule has 0 bridgehead atoms. The zero-order valence-corrected chi connectivity index (χ0v) is 15.9. The summed E-state index contributed by atoms with van der Waals surface area (Å²) in [6, 6.07) is 13.0. The number of carbonyl (C=O) groups is 2. The summed E-state index contributed by atoms with van der Waals surface area (Å²) in [5, 5.41) is 12.6. The highest BCUT2D eigenvalue weighted by molar-refractivity contribution is 9.10. The summed E-state index contributed by atoms with van der Waals surface area (Å²) in [6.07, 6.45) is -0.654. The fourth-order valence-corrected chi connectivity index (χ4v) is 3.42. The van der Waals surface area contributed by atoms with E-state index in [1.165, 1.54) is 0 Å². The second-order valence-electron chi connectivity index (χ2n) is 5.91. The minimum Gasteiger partial charge on any atom is -0.352 e. The highest BCUT2D eigenvalue weighted by Crippen LogP contribution is 2.39. The van der Waals surface area contributed by atoms with Crippen molar-refractivity contribution in [3.63, 3.8) is 0 Å². The number of amides is 2. The molecule has 0 saturated heterocycles. The molecule has 2 aliphatic heterocycles. The van der Waals surface area contributed by atoms with Crippen LogP contribution in [0.2, 0.25) is 0 Å². The highest BCUT2D eigenvalue weighted by atomic mass is 79.9. The zero-order valence-electron chi connectivity index (χ0n) is 14.3. The van der Waals surface area contributed by atoms with E-state index in [2.05, 4.69) is 37.0 Å². The fraction of sp³-hybridized carbons (Fsp3) is 0.105. The van der Waals surface area contributed by atoms with Crippen LogP contribution in [0.4, 0.5) is 16.2 Å². The Bertz CT molecular complexity index is 1030. The molecule has 8 heteroatoms. The maximum Gasteiger partial charge on any atom is 0.433 e. The minimum atomic E-state index is -0.654. The van der Waals surface area contributed by atoms with Crippen molar-refractivity contribution in [1.82, 2.24) is 5.32 Å². The summed E-state index contributed by atoms with van der Waals surface area (Å²) in [5.74, 6) is -0.246. The SMILES string of the molecule is CCNC(=O)O/N=C1/C(=C2/C(=O)Nc3cc(Br)ccc32)Nc2ccccc21. The third-order valence-electron chi connectivity index (χ3n) is 4.20. The Balaban J connectivity index is 1.84. The highest BCUT2D eigenvalue weighted by Gasteiger charge is 2.34. The van der Waals surface area contributed by atoms with Crippen LogP contribution in [-0.2, 0) is 9.63 Å². The number of oxime groups is 1. The number of hydrogen-bond donors (Lipinski definition) is 3. The van der Waals surface area contributed by atoms with Gasteiger partial charge >= 0.3 is 6.09 Å². The molecule has 136 valence electrons. The molecule has 7 nitrogen and oxygen atoms in total. The van der Waals surface area contributed by atoms with Gasteiger partial charge in [-0.15, -0.1) is 0 Å². The van der Waals surface area contributed by atoms with Gasteiger partial charge in [0.05, 0.1) is 17.0 Å². The standard InChI is InChI=1S/C19H15BrN4O3/c1-2-21-19(26)27-24-16-12-5-3-4-6-13(12)22-17(16)15-11-8-7-10(20)9-14(11)23-18(15)25/h3-9,22H,2H2,1H3,(H,21,26)(H,23,25)/b17-15-,24-16+. The molecule has 4 rings (SSSR count). The lowest BCUT2D eigenvalue weighted by atomic mass is 10.0. The fourth-order valence-electron chi connectivity index (χ4n) is 3.06. The summed E-state index contributed by atoms with van der Waals surface area (Å²) < 4.78 is 0.865. The summed E-state index contributed by atoms with van der Waals surface area (Å²) in [6.45, 7) is 2.21. The number of halogens is 1. The number of hydrogen-bond acceptors (Lipinski definition) is 5. The van der Waals surface area contributed by atoms with Crippen LogP contribution in [0.5, 0.6) is 0 Å². The van der Waals surface area contributed by atoms with E-state index in [4.69, 9.17) is 4.84 Å². The summed E-state index contributed by atoms with van der Waals surface area (Å²) in [7, 11) is 0. The molecule has 0 unspecified atom stereocenters.